The van der Waals surface area contributed by atoms with Crippen LogP contribution in [0, 0.1) is 5.92 Å². The highest BCUT2D eigenvalue weighted by Crippen LogP contribution is 2.24. The minimum atomic E-state index is 0. The first kappa shape index (κ1) is 16.3. The molecule has 0 spiro atoms. The van der Waals surface area contributed by atoms with Gasteiger partial charge in [0.2, 0.25) is 5.91 Å². The largest absolute Gasteiger partial charge is 0.339 e. The summed E-state index contributed by atoms with van der Waals surface area (Å²) in [6.07, 6.45) is 5.21. The molecule has 1 N–H and O–H groups in total. The van der Waals surface area contributed by atoms with Gasteiger partial charge in [-0.25, -0.2) is 0 Å². The van der Waals surface area contributed by atoms with Crippen LogP contribution in [0.5, 0.6) is 0 Å². The van der Waals surface area contributed by atoms with E-state index < -0.39 is 0 Å². The van der Waals surface area contributed by atoms with Crippen molar-refractivity contribution in [2.75, 3.05) is 19.6 Å². The molecule has 2 fully saturated rings. The minimum Gasteiger partial charge on any atom is -0.339 e. The Hall–Kier alpha value is -1.06. The molecule has 2 aliphatic rings. The molecule has 1 aromatic rings. The van der Waals surface area contributed by atoms with Gasteiger partial charge in [-0.3, -0.25) is 4.79 Å². The molecule has 0 aromatic heterocycles. The molecule has 4 heteroatoms. The van der Waals surface area contributed by atoms with Gasteiger partial charge in [0.25, 0.3) is 0 Å². The van der Waals surface area contributed by atoms with Gasteiger partial charge in [0.15, 0.2) is 0 Å². The molecule has 1 aromatic carbocycles. The van der Waals surface area contributed by atoms with E-state index in [9.17, 15) is 4.79 Å². The van der Waals surface area contributed by atoms with Gasteiger partial charge < -0.3 is 10.2 Å². The van der Waals surface area contributed by atoms with Crippen LogP contribution in [-0.4, -0.2) is 36.5 Å². The fourth-order valence-corrected chi connectivity index (χ4v) is 3.52. The lowest BCUT2D eigenvalue weighted by Gasteiger charge is -2.26. The maximum absolute atomic E-state index is 12.5. The Morgan fingerprint density at radius 2 is 2.05 bits per heavy atom. The SMILES string of the molecule is Cl.O=C(CC1CCNC1)N1CCCC1Cc1ccccc1. The number of hydrogen-bond acceptors (Lipinski definition) is 2. The van der Waals surface area contributed by atoms with Crippen molar-refractivity contribution < 1.29 is 4.79 Å². The summed E-state index contributed by atoms with van der Waals surface area (Å²) in [5.41, 5.74) is 1.35. The Labute approximate surface area is 133 Å². The highest BCUT2D eigenvalue weighted by atomic mass is 35.5. The van der Waals surface area contributed by atoms with Crippen molar-refractivity contribution in [3.63, 3.8) is 0 Å². The third kappa shape index (κ3) is 4.21. The summed E-state index contributed by atoms with van der Waals surface area (Å²) < 4.78 is 0. The van der Waals surface area contributed by atoms with Gasteiger partial charge in [-0.1, -0.05) is 30.3 Å². The zero-order valence-corrected chi connectivity index (χ0v) is 13.3. The van der Waals surface area contributed by atoms with Crippen LogP contribution in [0.4, 0.5) is 0 Å². The molecule has 2 atom stereocenters. The number of halogens is 1. The first-order valence-electron chi connectivity index (χ1n) is 7.87. The van der Waals surface area contributed by atoms with E-state index in [1.54, 1.807) is 0 Å². The summed E-state index contributed by atoms with van der Waals surface area (Å²) in [7, 11) is 0. The number of likely N-dealkylation sites (tertiary alicyclic amines) is 1. The summed E-state index contributed by atoms with van der Waals surface area (Å²) in [5.74, 6) is 0.928. The van der Waals surface area contributed by atoms with E-state index in [2.05, 4.69) is 34.5 Å². The summed E-state index contributed by atoms with van der Waals surface area (Å²) in [4.78, 5) is 14.6. The topological polar surface area (TPSA) is 32.3 Å². The molecule has 0 aliphatic carbocycles. The maximum Gasteiger partial charge on any atom is 0.223 e. The van der Waals surface area contributed by atoms with E-state index in [1.165, 1.54) is 5.56 Å². The Kier molecular flexibility index (Phi) is 6.07. The lowest BCUT2D eigenvalue weighted by atomic mass is 10.0. The van der Waals surface area contributed by atoms with Crippen LogP contribution in [0.25, 0.3) is 0 Å². The second-order valence-electron chi connectivity index (χ2n) is 6.14. The molecule has 2 aliphatic heterocycles. The third-order valence-electron chi connectivity index (χ3n) is 4.64. The first-order chi connectivity index (χ1) is 9.83. The molecule has 2 saturated heterocycles. The predicted octanol–water partition coefficient (Wildman–Crippen LogP) is 2.64. The molecule has 3 nitrogen and oxygen atoms in total. The smallest absolute Gasteiger partial charge is 0.223 e. The number of nitrogens with zero attached hydrogens (tertiary/aromatic N) is 1. The van der Waals surface area contributed by atoms with Gasteiger partial charge in [0, 0.05) is 19.0 Å². The zero-order valence-electron chi connectivity index (χ0n) is 12.5. The molecule has 2 unspecified atom stereocenters. The fraction of sp³-hybridized carbons (Fsp3) is 0.588. The molecule has 0 radical (unpaired) electrons. The van der Waals surface area contributed by atoms with E-state index in [-0.39, 0.29) is 12.4 Å². The summed E-state index contributed by atoms with van der Waals surface area (Å²) >= 11 is 0. The quantitative estimate of drug-likeness (QED) is 0.927. The highest BCUT2D eigenvalue weighted by molar-refractivity contribution is 5.85. The Morgan fingerprint density at radius 1 is 1.24 bits per heavy atom. The van der Waals surface area contributed by atoms with Crippen LogP contribution < -0.4 is 5.32 Å². The zero-order chi connectivity index (χ0) is 13.8. The van der Waals surface area contributed by atoms with E-state index in [4.69, 9.17) is 0 Å². The van der Waals surface area contributed by atoms with Crippen LogP contribution in [0.15, 0.2) is 30.3 Å². The molecule has 2 heterocycles. The molecular weight excluding hydrogens is 284 g/mol. The number of benzene rings is 1. The number of amides is 1. The number of carbonyl (C=O) groups is 1. The van der Waals surface area contributed by atoms with E-state index in [0.29, 0.717) is 17.9 Å². The molecule has 3 rings (SSSR count). The van der Waals surface area contributed by atoms with Gasteiger partial charge >= 0.3 is 0 Å². The van der Waals surface area contributed by atoms with Crippen LogP contribution in [0.2, 0.25) is 0 Å². The fourth-order valence-electron chi connectivity index (χ4n) is 3.52. The first-order valence-corrected chi connectivity index (χ1v) is 7.87. The van der Waals surface area contributed by atoms with Crippen LogP contribution >= 0.6 is 12.4 Å². The van der Waals surface area contributed by atoms with Crippen LogP contribution in [0.1, 0.15) is 31.2 Å². The van der Waals surface area contributed by atoms with Crippen molar-refractivity contribution in [3.05, 3.63) is 35.9 Å². The van der Waals surface area contributed by atoms with Crippen molar-refractivity contribution in [3.8, 4) is 0 Å². The highest BCUT2D eigenvalue weighted by Gasteiger charge is 2.30. The second kappa shape index (κ2) is 7.81. The van der Waals surface area contributed by atoms with Crippen molar-refractivity contribution in [2.24, 2.45) is 5.92 Å². The Balaban J connectivity index is 0.00000161. The van der Waals surface area contributed by atoms with Crippen molar-refractivity contribution in [2.45, 2.75) is 38.1 Å². The maximum atomic E-state index is 12.5. The van der Waals surface area contributed by atoms with Gasteiger partial charge in [-0.2, -0.15) is 0 Å². The lowest BCUT2D eigenvalue weighted by molar-refractivity contribution is -0.132. The van der Waals surface area contributed by atoms with Crippen molar-refractivity contribution >= 4 is 18.3 Å². The molecular formula is C17H25ClN2O. The Morgan fingerprint density at radius 3 is 2.76 bits per heavy atom. The number of carbonyl (C=O) groups excluding carboxylic acids is 1. The summed E-state index contributed by atoms with van der Waals surface area (Å²) in [6, 6.07) is 11.0. The lowest BCUT2D eigenvalue weighted by Crippen LogP contribution is -2.37. The van der Waals surface area contributed by atoms with E-state index in [0.717, 1.165) is 51.7 Å². The average molecular weight is 309 g/mol. The molecule has 0 bridgehead atoms. The van der Waals surface area contributed by atoms with E-state index >= 15 is 0 Å². The van der Waals surface area contributed by atoms with Gasteiger partial charge in [-0.15, -0.1) is 12.4 Å². The van der Waals surface area contributed by atoms with Gasteiger partial charge in [0.1, 0.15) is 0 Å². The van der Waals surface area contributed by atoms with Crippen molar-refractivity contribution in [1.82, 2.24) is 10.2 Å². The van der Waals surface area contributed by atoms with Gasteiger partial charge in [0.05, 0.1) is 0 Å². The summed E-state index contributed by atoms with van der Waals surface area (Å²) in [5, 5.41) is 3.35. The normalized spacial score (nSPS) is 24.9. The average Bonchev–Trinajstić information content (AvgIpc) is 3.11. The van der Waals surface area contributed by atoms with Crippen molar-refractivity contribution in [1.29, 1.82) is 0 Å². The van der Waals surface area contributed by atoms with Crippen LogP contribution in [-0.2, 0) is 11.2 Å². The number of rotatable bonds is 4. The monoisotopic (exact) mass is 308 g/mol. The molecule has 1 amide bonds. The summed E-state index contributed by atoms with van der Waals surface area (Å²) in [6.45, 7) is 3.05. The standard InChI is InChI=1S/C17H24N2O.ClH/c20-17(12-15-8-9-18-13-15)19-10-4-7-16(19)11-14-5-2-1-3-6-14;/h1-3,5-6,15-16,18H,4,7-13H2;1H. The molecule has 116 valence electrons. The van der Waals surface area contributed by atoms with Crippen LogP contribution in [0.3, 0.4) is 0 Å². The molecule has 21 heavy (non-hydrogen) atoms. The molecule has 0 saturated carbocycles. The number of nitrogens with one attached hydrogen (secondary N) is 1. The van der Waals surface area contributed by atoms with E-state index in [1.807, 2.05) is 6.07 Å². The third-order valence-corrected chi connectivity index (χ3v) is 4.64. The Bertz CT molecular complexity index is 445. The number of hydrogen-bond donors (Lipinski definition) is 1. The second-order valence-corrected chi connectivity index (χ2v) is 6.14. The minimum absolute atomic E-state index is 0. The predicted molar refractivity (Wildman–Crippen MR) is 87.7 cm³/mol. The van der Waals surface area contributed by atoms with Gasteiger partial charge in [-0.05, 0) is 50.3 Å².